The van der Waals surface area contributed by atoms with Gasteiger partial charge in [-0.1, -0.05) is 46.3 Å². The van der Waals surface area contributed by atoms with Gasteiger partial charge in [0, 0.05) is 16.7 Å². The zero-order chi connectivity index (χ0) is 21.8. The lowest BCUT2D eigenvalue weighted by atomic mass is 10.2. The largest absolute Gasteiger partial charge is 0.488 e. The summed E-state index contributed by atoms with van der Waals surface area (Å²) in [6, 6.07) is 19.7. The third kappa shape index (κ3) is 4.83. The fourth-order valence-corrected chi connectivity index (χ4v) is 3.60. The predicted octanol–water partition coefficient (Wildman–Crippen LogP) is 4.70. The molecule has 2 aromatic heterocycles. The van der Waals surface area contributed by atoms with Gasteiger partial charge in [-0.05, 0) is 48.4 Å². The maximum absolute atomic E-state index is 12.7. The van der Waals surface area contributed by atoms with Crippen molar-refractivity contribution in [2.75, 3.05) is 0 Å². The lowest BCUT2D eigenvalue weighted by Gasteiger charge is -2.12. The molecule has 0 unspecified atom stereocenters. The molecule has 31 heavy (non-hydrogen) atoms. The molecule has 7 heteroatoms. The molecule has 0 amide bonds. The van der Waals surface area contributed by atoms with Crippen LogP contribution in [0.25, 0.3) is 5.65 Å². The Kier molecular flexibility index (Phi) is 6.13. The van der Waals surface area contributed by atoms with Crippen molar-refractivity contribution >= 4 is 27.5 Å². The number of ether oxygens (including phenoxy) is 2. The van der Waals surface area contributed by atoms with Crippen LogP contribution in [0.15, 0.2) is 82.2 Å². The molecule has 2 heterocycles. The molecule has 0 aliphatic carbocycles. The van der Waals surface area contributed by atoms with Gasteiger partial charge in [0.05, 0.1) is 5.69 Å². The minimum absolute atomic E-state index is 0.112. The first-order valence-electron chi connectivity index (χ1n) is 9.62. The van der Waals surface area contributed by atoms with Crippen LogP contribution in [-0.2, 0) is 18.0 Å². The van der Waals surface area contributed by atoms with Gasteiger partial charge >= 0.3 is 5.97 Å². The quantitative estimate of drug-likeness (QED) is 0.375. The van der Waals surface area contributed by atoms with Gasteiger partial charge in [0.25, 0.3) is 5.56 Å². The molecule has 4 rings (SSSR count). The Morgan fingerprint density at radius 3 is 2.71 bits per heavy atom. The molecule has 6 nitrogen and oxygen atoms in total. The lowest BCUT2D eigenvalue weighted by molar-refractivity contribution is 0.0462. The van der Waals surface area contributed by atoms with Gasteiger partial charge in [-0.3, -0.25) is 9.20 Å². The zero-order valence-corrected chi connectivity index (χ0v) is 18.3. The van der Waals surface area contributed by atoms with Crippen LogP contribution in [0.5, 0.6) is 5.75 Å². The molecule has 0 N–H and O–H groups in total. The highest BCUT2D eigenvalue weighted by Gasteiger charge is 2.15. The molecular weight excluding hydrogens is 460 g/mol. The topological polar surface area (TPSA) is 69.9 Å². The van der Waals surface area contributed by atoms with E-state index in [0.717, 1.165) is 15.6 Å². The molecule has 0 spiro atoms. The summed E-state index contributed by atoms with van der Waals surface area (Å²) < 4.78 is 13.7. The summed E-state index contributed by atoms with van der Waals surface area (Å²) in [7, 11) is 0. The highest BCUT2D eigenvalue weighted by Crippen LogP contribution is 2.22. The van der Waals surface area contributed by atoms with Gasteiger partial charge in [-0.25, -0.2) is 9.78 Å². The summed E-state index contributed by atoms with van der Waals surface area (Å²) in [6.45, 7) is 2.07. The van der Waals surface area contributed by atoms with E-state index in [1.54, 1.807) is 36.5 Å². The Morgan fingerprint density at radius 2 is 1.87 bits per heavy atom. The van der Waals surface area contributed by atoms with E-state index in [4.69, 9.17) is 9.47 Å². The zero-order valence-electron chi connectivity index (χ0n) is 16.7. The van der Waals surface area contributed by atoms with E-state index in [0.29, 0.717) is 29.3 Å². The monoisotopic (exact) mass is 478 g/mol. The Bertz CT molecular complexity index is 1320. The normalized spacial score (nSPS) is 10.8. The smallest absolute Gasteiger partial charge is 0.342 e. The van der Waals surface area contributed by atoms with Crippen LogP contribution in [-0.4, -0.2) is 15.4 Å². The van der Waals surface area contributed by atoms with Crippen molar-refractivity contribution in [2.24, 2.45) is 0 Å². The Hall–Kier alpha value is -3.45. The van der Waals surface area contributed by atoms with Gasteiger partial charge in [0.1, 0.15) is 30.2 Å². The van der Waals surface area contributed by atoms with Gasteiger partial charge in [-0.15, -0.1) is 0 Å². The molecule has 0 aliphatic heterocycles. The predicted molar refractivity (Wildman–Crippen MR) is 120 cm³/mol. The standard InChI is InChI=1S/C24H19BrN2O4/c1-16-6-5-11-27-22(28)13-19(26-23(16)27)15-31-24(29)20-9-2-3-10-21(20)30-14-17-7-4-8-18(25)12-17/h2-13H,14-15H2,1H3. The third-order valence-electron chi connectivity index (χ3n) is 4.68. The van der Waals surface area contributed by atoms with Crippen LogP contribution < -0.4 is 10.3 Å². The number of nitrogens with zero attached hydrogens (tertiary/aromatic N) is 2. The molecule has 0 atom stereocenters. The number of fused-ring (bicyclic) bond motifs is 1. The van der Waals surface area contributed by atoms with Crippen molar-refractivity contribution in [3.63, 3.8) is 0 Å². The number of hydrogen-bond acceptors (Lipinski definition) is 5. The molecule has 4 aromatic rings. The Balaban J connectivity index is 1.49. The SMILES string of the molecule is Cc1cccn2c(=O)cc(COC(=O)c3ccccc3OCc3cccc(Br)c3)nc12. The second kappa shape index (κ2) is 9.14. The van der Waals surface area contributed by atoms with Gasteiger partial charge in [-0.2, -0.15) is 0 Å². The van der Waals surface area contributed by atoms with Crippen LogP contribution >= 0.6 is 15.9 Å². The van der Waals surface area contributed by atoms with Crippen molar-refractivity contribution < 1.29 is 14.3 Å². The highest BCUT2D eigenvalue weighted by atomic mass is 79.9. The molecule has 0 bridgehead atoms. The van der Waals surface area contributed by atoms with E-state index < -0.39 is 5.97 Å². The number of aromatic nitrogens is 2. The molecule has 0 aliphatic rings. The number of benzene rings is 2. The van der Waals surface area contributed by atoms with Crippen LogP contribution in [0.3, 0.4) is 0 Å². The maximum atomic E-state index is 12.7. The number of halogens is 1. The van der Waals surface area contributed by atoms with E-state index in [9.17, 15) is 9.59 Å². The number of aryl methyl sites for hydroxylation is 1. The van der Waals surface area contributed by atoms with Crippen LogP contribution in [0.1, 0.15) is 27.2 Å². The Morgan fingerprint density at radius 1 is 1.03 bits per heavy atom. The third-order valence-corrected chi connectivity index (χ3v) is 5.17. The van der Waals surface area contributed by atoms with Gasteiger partial charge < -0.3 is 9.47 Å². The first-order valence-corrected chi connectivity index (χ1v) is 10.4. The summed E-state index contributed by atoms with van der Waals surface area (Å²) in [4.78, 5) is 29.5. The van der Waals surface area contributed by atoms with E-state index >= 15 is 0 Å². The average molecular weight is 479 g/mol. The Labute approximate surface area is 187 Å². The van der Waals surface area contributed by atoms with Crippen LogP contribution in [0.2, 0.25) is 0 Å². The van der Waals surface area contributed by atoms with Gasteiger partial charge in [0.15, 0.2) is 0 Å². The number of carbonyl (C=O) groups excluding carboxylic acids is 1. The first-order chi connectivity index (χ1) is 15.0. The van der Waals surface area contributed by atoms with Crippen LogP contribution in [0.4, 0.5) is 0 Å². The molecule has 0 saturated carbocycles. The van der Waals surface area contributed by atoms with E-state index in [1.807, 2.05) is 37.3 Å². The molecule has 0 radical (unpaired) electrons. The van der Waals surface area contributed by atoms with Crippen LogP contribution in [0, 0.1) is 6.92 Å². The van der Waals surface area contributed by atoms with Crippen molar-refractivity contribution in [1.29, 1.82) is 0 Å². The van der Waals surface area contributed by atoms with E-state index in [2.05, 4.69) is 20.9 Å². The summed E-state index contributed by atoms with van der Waals surface area (Å²) >= 11 is 3.43. The first kappa shape index (κ1) is 20.8. The fraction of sp³-hybridized carbons (Fsp3) is 0.125. The fourth-order valence-electron chi connectivity index (χ4n) is 3.15. The number of rotatable bonds is 6. The number of pyridine rings is 1. The number of para-hydroxylation sites is 1. The van der Waals surface area contributed by atoms with E-state index in [1.165, 1.54) is 10.5 Å². The van der Waals surface area contributed by atoms with Crippen molar-refractivity contribution in [1.82, 2.24) is 9.38 Å². The number of hydrogen-bond donors (Lipinski definition) is 0. The maximum Gasteiger partial charge on any atom is 0.342 e. The second-order valence-corrected chi connectivity index (χ2v) is 7.88. The second-order valence-electron chi connectivity index (χ2n) is 6.96. The minimum atomic E-state index is -0.545. The summed E-state index contributed by atoms with van der Waals surface area (Å²) in [6.07, 6.45) is 1.66. The van der Waals surface area contributed by atoms with Crippen molar-refractivity contribution in [3.8, 4) is 5.75 Å². The molecule has 156 valence electrons. The summed E-state index contributed by atoms with van der Waals surface area (Å²) in [5.41, 5.74) is 2.84. The van der Waals surface area contributed by atoms with Gasteiger partial charge in [0.2, 0.25) is 0 Å². The molecular formula is C24H19BrN2O4. The molecule has 2 aromatic carbocycles. The summed E-state index contributed by atoms with van der Waals surface area (Å²) in [5.74, 6) is -0.119. The average Bonchev–Trinajstić information content (AvgIpc) is 2.77. The highest BCUT2D eigenvalue weighted by molar-refractivity contribution is 9.10. The molecule has 0 saturated heterocycles. The minimum Gasteiger partial charge on any atom is -0.488 e. The lowest BCUT2D eigenvalue weighted by Crippen LogP contribution is -2.17. The summed E-state index contributed by atoms with van der Waals surface area (Å²) in [5, 5.41) is 0. The molecule has 0 fully saturated rings. The number of carbonyl (C=O) groups is 1. The van der Waals surface area contributed by atoms with Crippen molar-refractivity contribution in [3.05, 3.63) is 110 Å². The number of esters is 1. The van der Waals surface area contributed by atoms with Crippen molar-refractivity contribution in [2.45, 2.75) is 20.1 Å². The van der Waals surface area contributed by atoms with E-state index in [-0.39, 0.29) is 12.2 Å².